The van der Waals surface area contributed by atoms with E-state index in [0.29, 0.717) is 17.8 Å². The first-order valence-electron chi connectivity index (χ1n) is 9.76. The molecule has 0 amide bonds. The van der Waals surface area contributed by atoms with Crippen molar-refractivity contribution in [1.29, 1.82) is 0 Å². The van der Waals surface area contributed by atoms with Gasteiger partial charge in [-0.2, -0.15) is 14.9 Å². The predicted molar refractivity (Wildman–Crippen MR) is 124 cm³/mol. The smallest absolute Gasteiger partial charge is 0.292 e. The van der Waals surface area contributed by atoms with Crippen LogP contribution in [0.1, 0.15) is 26.6 Å². The van der Waals surface area contributed by atoms with Gasteiger partial charge in [0, 0.05) is 23.1 Å². The van der Waals surface area contributed by atoms with Crippen LogP contribution in [0, 0.1) is 0 Å². The van der Waals surface area contributed by atoms with Crippen LogP contribution in [0.4, 0.5) is 0 Å². The molecule has 0 saturated heterocycles. The lowest BCUT2D eigenvalue weighted by molar-refractivity contribution is 0.0966. The highest BCUT2D eigenvalue weighted by molar-refractivity contribution is 7.09. The molecule has 0 fully saturated rings. The third-order valence-corrected chi connectivity index (χ3v) is 5.42. The molecule has 0 saturated carbocycles. The van der Waals surface area contributed by atoms with E-state index in [0.717, 1.165) is 10.4 Å². The van der Waals surface area contributed by atoms with E-state index in [4.69, 9.17) is 0 Å². The molecule has 2 heterocycles. The highest BCUT2D eigenvalue weighted by Crippen LogP contribution is 2.13. The Hall–Kier alpha value is -3.84. The van der Waals surface area contributed by atoms with Gasteiger partial charge in [-0.1, -0.05) is 72.8 Å². The van der Waals surface area contributed by atoms with Crippen LogP contribution in [0.5, 0.6) is 0 Å². The van der Waals surface area contributed by atoms with Gasteiger partial charge in [-0.3, -0.25) is 4.79 Å². The van der Waals surface area contributed by atoms with Gasteiger partial charge in [-0.25, -0.2) is 9.48 Å². The standard InChI is InChI=1S/C24H20N4O2S/c29-22(20-12-5-2-6-13-20)18-27-24(30)28(23(26-27)17-21-14-8-16-31-21)25-15-7-11-19-9-3-1-4-10-19/h1-16H,17-18H2/b11-7+,25-15+. The van der Waals surface area contributed by atoms with E-state index < -0.39 is 5.69 Å². The average Bonchev–Trinajstić information content (AvgIpc) is 3.41. The fourth-order valence-corrected chi connectivity index (χ4v) is 3.72. The van der Waals surface area contributed by atoms with Crippen molar-refractivity contribution in [3.63, 3.8) is 0 Å². The first-order chi connectivity index (χ1) is 15.2. The number of allylic oxidation sites excluding steroid dienone is 1. The fourth-order valence-electron chi connectivity index (χ4n) is 3.02. The van der Waals surface area contributed by atoms with Gasteiger partial charge in [0.05, 0.1) is 0 Å². The van der Waals surface area contributed by atoms with Crippen molar-refractivity contribution in [2.45, 2.75) is 13.0 Å². The first kappa shape index (κ1) is 20.4. The van der Waals surface area contributed by atoms with Gasteiger partial charge in [0.25, 0.3) is 0 Å². The van der Waals surface area contributed by atoms with Gasteiger partial charge < -0.3 is 0 Å². The minimum Gasteiger partial charge on any atom is -0.292 e. The Morgan fingerprint density at radius 3 is 2.45 bits per heavy atom. The SMILES string of the molecule is O=C(Cn1nc(Cc2cccs2)n(/N=C/C=C/c2ccccc2)c1=O)c1ccccc1. The van der Waals surface area contributed by atoms with E-state index in [-0.39, 0.29) is 12.3 Å². The van der Waals surface area contributed by atoms with E-state index in [9.17, 15) is 9.59 Å². The number of carbonyl (C=O) groups is 1. The van der Waals surface area contributed by atoms with Gasteiger partial charge >= 0.3 is 5.69 Å². The van der Waals surface area contributed by atoms with Crippen LogP contribution < -0.4 is 5.69 Å². The van der Waals surface area contributed by atoms with E-state index in [1.54, 1.807) is 47.9 Å². The van der Waals surface area contributed by atoms with Crippen molar-refractivity contribution in [3.8, 4) is 0 Å². The maximum atomic E-state index is 12.9. The molecule has 2 aromatic heterocycles. The number of aromatic nitrogens is 3. The van der Waals surface area contributed by atoms with Crippen LogP contribution in [0.15, 0.2) is 94.1 Å². The van der Waals surface area contributed by atoms with Crippen LogP contribution in [-0.2, 0) is 13.0 Å². The number of Topliss-reactive ketones (excluding diaryl/α,β-unsaturated/α-hetero) is 1. The summed E-state index contributed by atoms with van der Waals surface area (Å²) in [5.74, 6) is 0.306. The number of benzene rings is 2. The zero-order valence-electron chi connectivity index (χ0n) is 16.7. The second-order valence-corrected chi connectivity index (χ2v) is 7.78. The molecule has 6 nitrogen and oxygen atoms in total. The summed E-state index contributed by atoms with van der Waals surface area (Å²) >= 11 is 1.58. The monoisotopic (exact) mass is 428 g/mol. The third kappa shape index (κ3) is 5.21. The molecule has 7 heteroatoms. The van der Waals surface area contributed by atoms with Crippen molar-refractivity contribution in [3.05, 3.63) is 117 Å². The molecule has 0 radical (unpaired) electrons. The Morgan fingerprint density at radius 1 is 1.00 bits per heavy atom. The van der Waals surface area contributed by atoms with Crippen molar-refractivity contribution in [1.82, 2.24) is 14.5 Å². The minimum absolute atomic E-state index is 0.136. The fraction of sp³-hybridized carbons (Fsp3) is 0.0833. The molecular weight excluding hydrogens is 408 g/mol. The Labute approximate surface area is 183 Å². The number of ketones is 1. The van der Waals surface area contributed by atoms with Crippen LogP contribution in [0.25, 0.3) is 6.08 Å². The number of thiophene rings is 1. The molecule has 0 bridgehead atoms. The highest BCUT2D eigenvalue weighted by Gasteiger charge is 2.16. The third-order valence-electron chi connectivity index (χ3n) is 4.54. The maximum absolute atomic E-state index is 12.9. The summed E-state index contributed by atoms with van der Waals surface area (Å²) in [6.45, 7) is -0.136. The predicted octanol–water partition coefficient (Wildman–Crippen LogP) is 4.13. The summed E-state index contributed by atoms with van der Waals surface area (Å²) in [4.78, 5) is 26.5. The van der Waals surface area contributed by atoms with Crippen LogP contribution in [0.3, 0.4) is 0 Å². The molecule has 0 aliphatic carbocycles. The topological polar surface area (TPSA) is 69.2 Å². The van der Waals surface area contributed by atoms with Gasteiger partial charge in [0.1, 0.15) is 6.54 Å². The average molecular weight is 429 g/mol. The zero-order valence-corrected chi connectivity index (χ0v) is 17.5. The molecular formula is C24H20N4O2S. The Balaban J connectivity index is 1.60. The number of nitrogens with zero attached hydrogens (tertiary/aromatic N) is 4. The van der Waals surface area contributed by atoms with Crippen LogP contribution in [0.2, 0.25) is 0 Å². The summed E-state index contributed by atoms with van der Waals surface area (Å²) in [6.07, 6.45) is 5.68. The molecule has 4 aromatic rings. The van der Waals surface area contributed by atoms with E-state index in [1.807, 2.05) is 60.0 Å². The molecule has 0 aliphatic heterocycles. The molecule has 2 aromatic carbocycles. The number of carbonyl (C=O) groups excluding carboxylic acids is 1. The van der Waals surface area contributed by atoms with Crippen LogP contribution in [-0.4, -0.2) is 26.5 Å². The summed E-state index contributed by atoms with van der Waals surface area (Å²) in [5, 5.41) is 10.7. The molecule has 0 spiro atoms. The molecule has 31 heavy (non-hydrogen) atoms. The molecule has 0 unspecified atom stereocenters. The maximum Gasteiger partial charge on any atom is 0.367 e. The van der Waals surface area contributed by atoms with E-state index >= 15 is 0 Å². The van der Waals surface area contributed by atoms with Crippen molar-refractivity contribution in [2.75, 3.05) is 0 Å². The lowest BCUT2D eigenvalue weighted by Crippen LogP contribution is -2.26. The van der Waals surface area contributed by atoms with Gasteiger partial charge in [0.2, 0.25) is 0 Å². The largest absolute Gasteiger partial charge is 0.367 e. The number of hydrogen-bond donors (Lipinski definition) is 0. The molecule has 0 aliphatic rings. The van der Waals surface area contributed by atoms with E-state index in [2.05, 4.69) is 10.2 Å². The number of rotatable bonds is 8. The van der Waals surface area contributed by atoms with Gasteiger partial charge in [-0.05, 0) is 23.1 Å². The zero-order chi connectivity index (χ0) is 21.5. The summed E-state index contributed by atoms with van der Waals surface area (Å²) in [7, 11) is 0. The van der Waals surface area contributed by atoms with Crippen molar-refractivity contribution >= 4 is 29.4 Å². The second kappa shape index (κ2) is 9.77. The van der Waals surface area contributed by atoms with E-state index in [1.165, 1.54) is 9.36 Å². The van der Waals surface area contributed by atoms with Crippen LogP contribution >= 0.6 is 11.3 Å². The van der Waals surface area contributed by atoms with Crippen molar-refractivity contribution < 1.29 is 4.79 Å². The van der Waals surface area contributed by atoms with Gasteiger partial charge in [0.15, 0.2) is 11.6 Å². The second-order valence-electron chi connectivity index (χ2n) is 6.75. The quantitative estimate of drug-likeness (QED) is 0.313. The summed E-state index contributed by atoms with van der Waals surface area (Å²) < 4.78 is 2.43. The number of hydrogen-bond acceptors (Lipinski definition) is 5. The lowest BCUT2D eigenvalue weighted by atomic mass is 10.1. The summed E-state index contributed by atoms with van der Waals surface area (Å²) in [5.41, 5.74) is 1.13. The molecule has 0 atom stereocenters. The minimum atomic E-state index is -0.444. The highest BCUT2D eigenvalue weighted by atomic mass is 32.1. The first-order valence-corrected chi connectivity index (χ1v) is 10.6. The summed E-state index contributed by atoms with van der Waals surface area (Å²) in [6, 6.07) is 22.6. The Morgan fingerprint density at radius 2 is 1.74 bits per heavy atom. The molecule has 4 rings (SSSR count). The molecule has 154 valence electrons. The molecule has 0 N–H and O–H groups in total. The van der Waals surface area contributed by atoms with Gasteiger partial charge in [-0.15, -0.1) is 11.3 Å². The lowest BCUT2D eigenvalue weighted by Gasteiger charge is -1.99. The normalized spacial score (nSPS) is 11.5. The Bertz CT molecular complexity index is 1250. The Kier molecular flexibility index (Phi) is 6.44. The van der Waals surface area contributed by atoms with Crippen molar-refractivity contribution in [2.24, 2.45) is 5.10 Å².